The number of hydrogen-bond donors (Lipinski definition) is 0. The smallest absolute Gasteiger partial charge is 0.334 e. The maximum absolute atomic E-state index is 12.4. The summed E-state index contributed by atoms with van der Waals surface area (Å²) in [6.07, 6.45) is 11.9. The van der Waals surface area contributed by atoms with Gasteiger partial charge in [-0.3, -0.25) is 4.98 Å². The van der Waals surface area contributed by atoms with E-state index in [0.29, 0.717) is 17.4 Å². The van der Waals surface area contributed by atoms with Crippen molar-refractivity contribution in [3.8, 4) is 17.2 Å². The highest BCUT2D eigenvalue weighted by molar-refractivity contribution is 5.93. The minimum Gasteiger partial charge on any atom is -0.455 e. The van der Waals surface area contributed by atoms with Gasteiger partial charge in [0.25, 0.3) is 0 Å². The minimum atomic E-state index is -0.127. The summed E-state index contributed by atoms with van der Waals surface area (Å²) in [4.78, 5) is 17.0. The Kier molecular flexibility index (Phi) is 5.19. The topological polar surface area (TPSA) is 63.0 Å². The number of nitrogens with zero attached hydrogens (tertiary/aromatic N) is 2. The molecule has 0 spiro atoms. The van der Waals surface area contributed by atoms with E-state index < -0.39 is 0 Å². The van der Waals surface area contributed by atoms with E-state index in [0.717, 1.165) is 28.8 Å². The number of carbonyl (C=O) groups is 1. The predicted molar refractivity (Wildman–Crippen MR) is 120 cm³/mol. The molecule has 0 saturated heterocycles. The van der Waals surface area contributed by atoms with Gasteiger partial charge in [-0.05, 0) is 61.8 Å². The van der Waals surface area contributed by atoms with Crippen LogP contribution in [-0.2, 0) is 9.53 Å². The van der Waals surface area contributed by atoms with Crippen molar-refractivity contribution in [2.75, 3.05) is 0 Å². The normalized spacial score (nSPS) is 27.5. The van der Waals surface area contributed by atoms with Gasteiger partial charge in [-0.15, -0.1) is 0 Å². The molecule has 31 heavy (non-hydrogen) atoms. The molecule has 0 N–H and O–H groups in total. The molecule has 1 fully saturated rings. The maximum atomic E-state index is 12.4. The standard InChI is InChI=1S/C27H26N2O2/c1-17-26-24(23-9-5-2-6-18(23)14-25(26)27(30)31-17)13-12-21-11-10-20(16-29-21)22-8-4-3-7-19(22)15-28/h3-4,7-8,10-13,16-18,23-24H,2,5-6,9,14H2,1H3/b13-12+/t17-,18+,23-,24?/m1/s1. The second-order valence-corrected chi connectivity index (χ2v) is 8.91. The summed E-state index contributed by atoms with van der Waals surface area (Å²) in [7, 11) is 0. The first-order valence-corrected chi connectivity index (χ1v) is 11.2. The molecule has 5 rings (SSSR count). The highest BCUT2D eigenvalue weighted by Gasteiger charge is 2.45. The molecule has 1 aromatic heterocycles. The number of carbonyl (C=O) groups excluding carboxylic acids is 1. The lowest BCUT2D eigenvalue weighted by Gasteiger charge is -2.40. The Morgan fingerprint density at radius 1 is 1.16 bits per heavy atom. The van der Waals surface area contributed by atoms with E-state index in [1.54, 1.807) is 0 Å². The second-order valence-electron chi connectivity index (χ2n) is 8.91. The molecule has 4 heteroatoms. The fraction of sp³-hybridized carbons (Fsp3) is 0.370. The van der Waals surface area contributed by atoms with Crippen LogP contribution >= 0.6 is 0 Å². The molecule has 0 bridgehead atoms. The molecule has 2 heterocycles. The number of esters is 1. The Morgan fingerprint density at radius 2 is 2.00 bits per heavy atom. The number of rotatable bonds is 3. The number of nitriles is 1. The van der Waals surface area contributed by atoms with Crippen molar-refractivity contribution < 1.29 is 9.53 Å². The van der Waals surface area contributed by atoms with Gasteiger partial charge in [-0.25, -0.2) is 4.79 Å². The molecular weight excluding hydrogens is 384 g/mol. The monoisotopic (exact) mass is 410 g/mol. The lowest BCUT2D eigenvalue weighted by molar-refractivity contribution is -0.139. The molecular formula is C27H26N2O2. The van der Waals surface area contributed by atoms with E-state index in [-0.39, 0.29) is 18.0 Å². The molecule has 1 unspecified atom stereocenters. The van der Waals surface area contributed by atoms with E-state index in [2.05, 4.69) is 23.2 Å². The van der Waals surface area contributed by atoms with Gasteiger partial charge in [0, 0.05) is 28.8 Å². The van der Waals surface area contributed by atoms with Crippen LogP contribution in [0.4, 0.5) is 0 Å². The first kappa shape index (κ1) is 19.8. The van der Waals surface area contributed by atoms with Gasteiger partial charge < -0.3 is 4.74 Å². The van der Waals surface area contributed by atoms with E-state index in [1.807, 2.05) is 49.5 Å². The third-order valence-corrected chi connectivity index (χ3v) is 7.19. The fourth-order valence-corrected chi connectivity index (χ4v) is 5.73. The fourth-order valence-electron chi connectivity index (χ4n) is 5.73. The first-order chi connectivity index (χ1) is 15.2. The summed E-state index contributed by atoms with van der Waals surface area (Å²) in [6, 6.07) is 13.8. The van der Waals surface area contributed by atoms with Gasteiger partial charge in [0.1, 0.15) is 6.10 Å². The summed E-state index contributed by atoms with van der Waals surface area (Å²) in [5.41, 5.74) is 5.50. The van der Waals surface area contributed by atoms with E-state index in [4.69, 9.17) is 4.74 Å². The van der Waals surface area contributed by atoms with Crippen LogP contribution in [0.15, 0.2) is 59.8 Å². The molecule has 3 aliphatic rings. The van der Waals surface area contributed by atoms with Gasteiger partial charge in [0.05, 0.1) is 17.3 Å². The van der Waals surface area contributed by atoms with Gasteiger partial charge >= 0.3 is 5.97 Å². The third-order valence-electron chi connectivity index (χ3n) is 7.19. The lowest BCUT2D eigenvalue weighted by atomic mass is 9.63. The number of ether oxygens (including phenoxy) is 1. The first-order valence-electron chi connectivity index (χ1n) is 11.2. The summed E-state index contributed by atoms with van der Waals surface area (Å²) in [5.74, 6) is 1.31. The number of benzene rings is 1. The van der Waals surface area contributed by atoms with Gasteiger partial charge in [0.15, 0.2) is 0 Å². The minimum absolute atomic E-state index is 0.108. The highest BCUT2D eigenvalue weighted by atomic mass is 16.5. The lowest BCUT2D eigenvalue weighted by Crippen LogP contribution is -2.33. The van der Waals surface area contributed by atoms with E-state index in [1.165, 1.54) is 31.3 Å². The SMILES string of the molecule is C[C@H]1OC(=O)C2=C1C(/C=C/c1ccc(-c3ccccc3C#N)cn1)[C@@H]1CCCC[C@H]1C2. The van der Waals surface area contributed by atoms with Crippen LogP contribution in [0.5, 0.6) is 0 Å². The van der Waals surface area contributed by atoms with Crippen molar-refractivity contribution in [1.29, 1.82) is 5.26 Å². The zero-order valence-corrected chi connectivity index (χ0v) is 17.8. The van der Waals surface area contributed by atoms with E-state index >= 15 is 0 Å². The van der Waals surface area contributed by atoms with Gasteiger partial charge in [-0.2, -0.15) is 5.26 Å². The van der Waals surface area contributed by atoms with Gasteiger partial charge in [-0.1, -0.05) is 43.2 Å². The largest absolute Gasteiger partial charge is 0.455 e. The highest BCUT2D eigenvalue weighted by Crippen LogP contribution is 2.50. The molecule has 156 valence electrons. The van der Waals surface area contributed by atoms with Crippen molar-refractivity contribution in [2.24, 2.45) is 17.8 Å². The Labute approximate surface area is 183 Å². The Bertz CT molecular complexity index is 1110. The number of aromatic nitrogens is 1. The zero-order valence-electron chi connectivity index (χ0n) is 17.8. The van der Waals surface area contributed by atoms with Crippen LogP contribution in [0.3, 0.4) is 0 Å². The molecule has 1 aromatic carbocycles. The molecule has 4 atom stereocenters. The van der Waals surface area contributed by atoms with Gasteiger partial charge in [0.2, 0.25) is 0 Å². The van der Waals surface area contributed by atoms with Crippen molar-refractivity contribution in [1.82, 2.24) is 4.98 Å². The Hall–Kier alpha value is -3.19. The number of allylic oxidation sites excluding steroid dienone is 1. The predicted octanol–water partition coefficient (Wildman–Crippen LogP) is 5.70. The number of cyclic esters (lactones) is 1. The number of hydrogen-bond acceptors (Lipinski definition) is 4. The summed E-state index contributed by atoms with van der Waals surface area (Å²) < 4.78 is 5.59. The summed E-state index contributed by atoms with van der Waals surface area (Å²) in [5, 5.41) is 9.35. The molecule has 1 aliphatic heterocycles. The summed E-state index contributed by atoms with van der Waals surface area (Å²) in [6.45, 7) is 2.00. The number of pyridine rings is 1. The molecule has 1 saturated carbocycles. The average Bonchev–Trinajstić information content (AvgIpc) is 3.10. The summed E-state index contributed by atoms with van der Waals surface area (Å²) >= 11 is 0. The molecule has 0 radical (unpaired) electrons. The second kappa shape index (κ2) is 8.15. The van der Waals surface area contributed by atoms with E-state index in [9.17, 15) is 10.1 Å². The Morgan fingerprint density at radius 3 is 2.81 bits per heavy atom. The van der Waals surface area contributed by atoms with Crippen molar-refractivity contribution in [3.63, 3.8) is 0 Å². The van der Waals surface area contributed by atoms with Crippen LogP contribution in [0.2, 0.25) is 0 Å². The van der Waals surface area contributed by atoms with Crippen LogP contribution in [0.1, 0.15) is 50.3 Å². The van der Waals surface area contributed by atoms with Crippen LogP contribution < -0.4 is 0 Å². The number of fused-ring (bicyclic) bond motifs is 1. The molecule has 0 amide bonds. The molecule has 2 aliphatic carbocycles. The van der Waals surface area contributed by atoms with Crippen molar-refractivity contribution in [3.05, 3.63) is 71.1 Å². The Balaban J connectivity index is 1.43. The molecule has 2 aromatic rings. The quantitative estimate of drug-likeness (QED) is 0.609. The van der Waals surface area contributed by atoms with Crippen LogP contribution in [0.25, 0.3) is 17.2 Å². The van der Waals surface area contributed by atoms with Crippen molar-refractivity contribution >= 4 is 12.0 Å². The van der Waals surface area contributed by atoms with Crippen LogP contribution in [-0.4, -0.2) is 17.1 Å². The van der Waals surface area contributed by atoms with Crippen molar-refractivity contribution in [2.45, 2.75) is 45.1 Å². The zero-order chi connectivity index (χ0) is 21.4. The molecule has 4 nitrogen and oxygen atoms in total. The third kappa shape index (κ3) is 3.59. The maximum Gasteiger partial charge on any atom is 0.334 e. The average molecular weight is 411 g/mol. The van der Waals surface area contributed by atoms with Crippen LogP contribution in [0, 0.1) is 29.1 Å².